The molecule has 0 spiro atoms. The molecule has 6 heteroatoms. The highest BCUT2D eigenvalue weighted by molar-refractivity contribution is 6.36. The Morgan fingerprint density at radius 1 is 1.23 bits per heavy atom. The van der Waals surface area contributed by atoms with Crippen LogP contribution in [0, 0.1) is 0 Å². The summed E-state index contributed by atoms with van der Waals surface area (Å²) >= 11 is 11.8. The van der Waals surface area contributed by atoms with Crippen LogP contribution in [0.5, 0.6) is 0 Å². The summed E-state index contributed by atoms with van der Waals surface area (Å²) in [6.45, 7) is 0. The Hall–Kier alpha value is -1.88. The van der Waals surface area contributed by atoms with E-state index in [4.69, 9.17) is 27.9 Å². The summed E-state index contributed by atoms with van der Waals surface area (Å²) < 4.78 is 5.21. The molecule has 0 fully saturated rings. The third kappa shape index (κ3) is 4.31. The highest BCUT2D eigenvalue weighted by Crippen LogP contribution is 2.19. The second-order valence-electron chi connectivity index (χ2n) is 4.43. The molecule has 0 unspecified atom stereocenters. The highest BCUT2D eigenvalue weighted by atomic mass is 35.5. The molecule has 0 aliphatic heterocycles. The van der Waals surface area contributed by atoms with E-state index < -0.39 is 6.10 Å². The summed E-state index contributed by atoms with van der Waals surface area (Å²) in [5.41, 5.74) is 3.84. The van der Waals surface area contributed by atoms with Crippen LogP contribution >= 0.6 is 23.2 Å². The van der Waals surface area contributed by atoms with Crippen LogP contribution in [0.3, 0.4) is 0 Å². The van der Waals surface area contributed by atoms with Gasteiger partial charge in [-0.1, -0.05) is 59.6 Å². The van der Waals surface area contributed by atoms with Gasteiger partial charge in [0.15, 0.2) is 6.10 Å². The molecule has 2 aromatic carbocycles. The summed E-state index contributed by atoms with van der Waals surface area (Å²) in [4.78, 5) is 12.1. The number of amides is 1. The van der Waals surface area contributed by atoms with Gasteiger partial charge in [-0.2, -0.15) is 5.10 Å². The molecule has 1 atom stereocenters. The van der Waals surface area contributed by atoms with Gasteiger partial charge in [-0.3, -0.25) is 4.79 Å². The third-order valence-electron chi connectivity index (χ3n) is 2.92. The molecule has 0 aliphatic carbocycles. The van der Waals surface area contributed by atoms with Crippen LogP contribution < -0.4 is 5.43 Å². The number of hydrogen-bond donors (Lipinski definition) is 1. The largest absolute Gasteiger partial charge is 0.367 e. The van der Waals surface area contributed by atoms with Crippen molar-refractivity contribution < 1.29 is 9.53 Å². The van der Waals surface area contributed by atoms with Crippen LogP contribution in [0.2, 0.25) is 10.0 Å². The van der Waals surface area contributed by atoms with Crippen molar-refractivity contribution in [1.29, 1.82) is 0 Å². The Morgan fingerprint density at radius 2 is 1.95 bits per heavy atom. The fourth-order valence-electron chi connectivity index (χ4n) is 1.85. The van der Waals surface area contributed by atoms with Gasteiger partial charge in [-0.15, -0.1) is 0 Å². The van der Waals surface area contributed by atoms with Crippen molar-refractivity contribution in [3.05, 3.63) is 69.7 Å². The van der Waals surface area contributed by atoms with Crippen molar-refractivity contribution in [1.82, 2.24) is 5.43 Å². The van der Waals surface area contributed by atoms with Crippen molar-refractivity contribution in [3.8, 4) is 0 Å². The molecule has 1 N–H and O–H groups in total. The number of nitrogens with one attached hydrogen (secondary N) is 1. The predicted molar refractivity (Wildman–Crippen MR) is 88.4 cm³/mol. The Balaban J connectivity index is 2.03. The molecule has 4 nitrogen and oxygen atoms in total. The predicted octanol–water partition coefficient (Wildman–Crippen LogP) is 3.83. The van der Waals surface area contributed by atoms with Gasteiger partial charge in [0.1, 0.15) is 0 Å². The van der Waals surface area contributed by atoms with E-state index >= 15 is 0 Å². The van der Waals surface area contributed by atoms with Crippen LogP contribution in [-0.4, -0.2) is 19.2 Å². The first-order valence-electron chi connectivity index (χ1n) is 6.47. The first-order valence-corrected chi connectivity index (χ1v) is 7.23. The highest BCUT2D eigenvalue weighted by Gasteiger charge is 2.19. The summed E-state index contributed by atoms with van der Waals surface area (Å²) in [6.07, 6.45) is 0.730. The van der Waals surface area contributed by atoms with E-state index in [1.165, 1.54) is 13.3 Å². The molecule has 0 saturated carbocycles. The van der Waals surface area contributed by atoms with Crippen molar-refractivity contribution in [2.24, 2.45) is 5.10 Å². The molecular weight excluding hydrogens is 323 g/mol. The van der Waals surface area contributed by atoms with Gasteiger partial charge in [0.2, 0.25) is 0 Å². The molecule has 22 heavy (non-hydrogen) atoms. The normalized spacial score (nSPS) is 12.3. The molecule has 0 bridgehead atoms. The van der Waals surface area contributed by atoms with E-state index in [2.05, 4.69) is 10.5 Å². The van der Waals surface area contributed by atoms with Crippen molar-refractivity contribution in [2.75, 3.05) is 7.11 Å². The molecule has 0 aromatic heterocycles. The first-order chi connectivity index (χ1) is 10.6. The van der Waals surface area contributed by atoms with E-state index in [0.717, 1.165) is 5.56 Å². The van der Waals surface area contributed by atoms with Gasteiger partial charge in [0, 0.05) is 17.7 Å². The molecule has 0 saturated heterocycles. The quantitative estimate of drug-likeness (QED) is 0.666. The number of hydrogen-bond acceptors (Lipinski definition) is 3. The zero-order chi connectivity index (χ0) is 15.9. The molecule has 0 radical (unpaired) electrons. The maximum absolute atomic E-state index is 12.1. The summed E-state index contributed by atoms with van der Waals surface area (Å²) in [5, 5.41) is 4.89. The van der Waals surface area contributed by atoms with Crippen molar-refractivity contribution in [3.63, 3.8) is 0 Å². The molecule has 2 aromatic rings. The maximum Gasteiger partial charge on any atom is 0.273 e. The fourth-order valence-corrected chi connectivity index (χ4v) is 2.31. The minimum absolute atomic E-state index is 0.366. The lowest BCUT2D eigenvalue weighted by molar-refractivity contribution is -0.131. The number of hydrazone groups is 1. The number of nitrogens with zero attached hydrogens (tertiary/aromatic N) is 1. The lowest BCUT2D eigenvalue weighted by atomic mass is 10.1. The zero-order valence-electron chi connectivity index (χ0n) is 11.8. The maximum atomic E-state index is 12.1. The fraction of sp³-hybridized carbons (Fsp3) is 0.125. The minimum Gasteiger partial charge on any atom is -0.367 e. The number of rotatable bonds is 5. The molecule has 1 amide bonds. The Labute approximate surface area is 138 Å². The van der Waals surface area contributed by atoms with Crippen molar-refractivity contribution >= 4 is 35.3 Å². The van der Waals surface area contributed by atoms with E-state index in [1.54, 1.807) is 18.2 Å². The number of carbonyl (C=O) groups is 1. The van der Waals surface area contributed by atoms with Crippen LogP contribution in [0.1, 0.15) is 17.2 Å². The van der Waals surface area contributed by atoms with Crippen LogP contribution in [0.4, 0.5) is 0 Å². The number of halogens is 2. The number of methoxy groups -OCH3 is 1. The minimum atomic E-state index is -0.723. The average Bonchev–Trinajstić information content (AvgIpc) is 2.51. The number of benzene rings is 2. The average molecular weight is 337 g/mol. The standard InChI is InChI=1S/C16H14Cl2N2O2/c1-22-15(11-5-3-2-4-6-11)16(21)20-19-10-12-7-8-13(17)9-14(12)18/h2-10,15H,1H3,(H,20,21)/b19-10-/t15-/m1/s1. The Kier molecular flexibility index (Phi) is 5.95. The second-order valence-corrected chi connectivity index (χ2v) is 5.27. The topological polar surface area (TPSA) is 50.7 Å². The zero-order valence-corrected chi connectivity index (χ0v) is 13.3. The van der Waals surface area contributed by atoms with E-state index in [1.807, 2.05) is 30.3 Å². The Bertz CT molecular complexity index is 675. The van der Waals surface area contributed by atoms with Gasteiger partial charge in [0.25, 0.3) is 5.91 Å². The summed E-state index contributed by atoms with van der Waals surface area (Å²) in [7, 11) is 1.47. The van der Waals surface area contributed by atoms with Gasteiger partial charge >= 0.3 is 0 Å². The van der Waals surface area contributed by atoms with E-state index in [9.17, 15) is 4.79 Å². The summed E-state index contributed by atoms with van der Waals surface area (Å²) in [6, 6.07) is 14.2. The second kappa shape index (κ2) is 7.94. The molecule has 0 aliphatic rings. The molecule has 0 heterocycles. The monoisotopic (exact) mass is 336 g/mol. The third-order valence-corrected chi connectivity index (χ3v) is 3.48. The number of ether oxygens (including phenoxy) is 1. The smallest absolute Gasteiger partial charge is 0.273 e. The van der Waals surface area contributed by atoms with Crippen LogP contribution in [0.25, 0.3) is 0 Å². The summed E-state index contributed by atoms with van der Waals surface area (Å²) in [5.74, 6) is -0.366. The SMILES string of the molecule is CO[C@@H](C(=O)N/N=C\c1ccc(Cl)cc1Cl)c1ccccc1. The van der Waals surface area contributed by atoms with Crippen LogP contribution in [-0.2, 0) is 9.53 Å². The molecular formula is C16H14Cl2N2O2. The number of carbonyl (C=O) groups excluding carboxylic acids is 1. The lowest BCUT2D eigenvalue weighted by Crippen LogP contribution is -2.26. The van der Waals surface area contributed by atoms with Crippen molar-refractivity contribution in [2.45, 2.75) is 6.10 Å². The Morgan fingerprint density at radius 3 is 2.59 bits per heavy atom. The van der Waals surface area contributed by atoms with Crippen LogP contribution in [0.15, 0.2) is 53.6 Å². The molecule has 114 valence electrons. The van der Waals surface area contributed by atoms with Gasteiger partial charge < -0.3 is 4.74 Å². The first kappa shape index (κ1) is 16.5. The molecule has 2 rings (SSSR count). The van der Waals surface area contributed by atoms with E-state index in [-0.39, 0.29) is 5.91 Å². The van der Waals surface area contributed by atoms with Gasteiger partial charge in [0.05, 0.1) is 11.2 Å². The van der Waals surface area contributed by atoms with E-state index in [0.29, 0.717) is 15.6 Å². The lowest BCUT2D eigenvalue weighted by Gasteiger charge is -2.13. The van der Waals surface area contributed by atoms with Gasteiger partial charge in [-0.05, 0) is 17.7 Å². The van der Waals surface area contributed by atoms with Gasteiger partial charge in [-0.25, -0.2) is 5.43 Å².